The van der Waals surface area contributed by atoms with Gasteiger partial charge in [-0.1, -0.05) is 0 Å². The van der Waals surface area contributed by atoms with Crippen LogP contribution in [-0.4, -0.2) is 37.7 Å². The van der Waals surface area contributed by atoms with E-state index in [4.69, 9.17) is 5.11 Å². The second-order valence-electron chi connectivity index (χ2n) is 6.73. The van der Waals surface area contributed by atoms with Crippen molar-refractivity contribution in [2.24, 2.45) is 13.0 Å². The molecule has 0 spiro atoms. The van der Waals surface area contributed by atoms with Gasteiger partial charge in [0.05, 0.1) is 16.4 Å². The van der Waals surface area contributed by atoms with Gasteiger partial charge in [-0.25, -0.2) is 0 Å². The zero-order valence-corrected chi connectivity index (χ0v) is 14.8. The van der Waals surface area contributed by atoms with Crippen LogP contribution in [0.5, 0.6) is 0 Å². The Balaban J connectivity index is 1.74. The predicted molar refractivity (Wildman–Crippen MR) is 96.1 cm³/mol. The van der Waals surface area contributed by atoms with E-state index in [1.807, 2.05) is 0 Å². The maximum Gasteiger partial charge on any atom is 0.306 e. The van der Waals surface area contributed by atoms with Crippen LogP contribution >= 0.6 is 0 Å². The third-order valence-electron chi connectivity index (χ3n) is 4.84. The number of carboxylic acids is 1. The van der Waals surface area contributed by atoms with Crippen molar-refractivity contribution in [1.29, 1.82) is 0 Å². The number of amides is 1. The fourth-order valence-corrected chi connectivity index (χ4v) is 3.36. The average molecular weight is 372 g/mol. The topological polar surface area (TPSA) is 127 Å². The molecule has 0 aliphatic heterocycles. The number of hydrogen-bond acceptors (Lipinski definition) is 5. The van der Waals surface area contributed by atoms with E-state index in [0.717, 1.165) is 0 Å². The van der Waals surface area contributed by atoms with Gasteiger partial charge in [0.15, 0.2) is 0 Å². The molecule has 9 nitrogen and oxygen atoms in total. The molecule has 3 rings (SSSR count). The summed E-state index contributed by atoms with van der Waals surface area (Å²) in [5, 5.41) is 27.1. The molecular weight excluding hydrogens is 352 g/mol. The number of rotatable bonds is 5. The molecule has 2 aromatic rings. The first-order valence-electron chi connectivity index (χ1n) is 8.67. The van der Waals surface area contributed by atoms with E-state index in [1.54, 1.807) is 25.4 Å². The lowest BCUT2D eigenvalue weighted by molar-refractivity contribution is -0.384. The van der Waals surface area contributed by atoms with Crippen LogP contribution in [0.25, 0.3) is 11.3 Å². The highest BCUT2D eigenvalue weighted by Crippen LogP contribution is 2.27. The van der Waals surface area contributed by atoms with Gasteiger partial charge in [-0.05, 0) is 37.8 Å². The number of carbonyl (C=O) groups is 2. The van der Waals surface area contributed by atoms with Crippen LogP contribution in [0.15, 0.2) is 30.5 Å². The molecule has 1 aromatic carbocycles. The number of aryl methyl sites for hydroxylation is 1. The first-order chi connectivity index (χ1) is 12.8. The Bertz CT molecular complexity index is 866. The number of carboxylic acid groups (broad SMARTS) is 1. The summed E-state index contributed by atoms with van der Waals surface area (Å²) in [5.74, 6) is -1.41. The maximum absolute atomic E-state index is 12.7. The molecule has 1 aromatic heterocycles. The number of aromatic nitrogens is 2. The molecular formula is C18H20N4O5. The lowest BCUT2D eigenvalue weighted by Gasteiger charge is -2.26. The number of nitro groups is 1. The highest BCUT2D eigenvalue weighted by Gasteiger charge is 2.28. The van der Waals surface area contributed by atoms with Crippen LogP contribution in [0.3, 0.4) is 0 Å². The van der Waals surface area contributed by atoms with Crippen LogP contribution in [0.4, 0.5) is 5.69 Å². The number of hydrogen-bond donors (Lipinski definition) is 2. The Morgan fingerprint density at radius 2 is 1.85 bits per heavy atom. The van der Waals surface area contributed by atoms with Crippen LogP contribution in [0.1, 0.15) is 36.0 Å². The summed E-state index contributed by atoms with van der Waals surface area (Å²) < 4.78 is 1.52. The van der Waals surface area contributed by atoms with Gasteiger partial charge in [-0.3, -0.25) is 24.4 Å². The van der Waals surface area contributed by atoms with E-state index in [9.17, 15) is 19.7 Å². The molecule has 27 heavy (non-hydrogen) atoms. The van der Waals surface area contributed by atoms with Crippen molar-refractivity contribution < 1.29 is 19.6 Å². The summed E-state index contributed by atoms with van der Waals surface area (Å²) in [6.07, 6.45) is 3.94. The van der Waals surface area contributed by atoms with Gasteiger partial charge in [-0.15, -0.1) is 0 Å². The summed E-state index contributed by atoms with van der Waals surface area (Å²) in [5.41, 5.74) is 1.41. The van der Waals surface area contributed by atoms with E-state index in [0.29, 0.717) is 42.5 Å². The van der Waals surface area contributed by atoms with E-state index in [1.165, 1.54) is 16.8 Å². The van der Waals surface area contributed by atoms with Crippen molar-refractivity contribution in [3.63, 3.8) is 0 Å². The highest BCUT2D eigenvalue weighted by atomic mass is 16.6. The van der Waals surface area contributed by atoms with E-state index in [2.05, 4.69) is 10.4 Å². The normalized spacial score (nSPS) is 19.4. The fraction of sp³-hybridized carbons (Fsp3) is 0.389. The summed E-state index contributed by atoms with van der Waals surface area (Å²) in [7, 11) is 1.70. The van der Waals surface area contributed by atoms with Crippen LogP contribution in [0.2, 0.25) is 0 Å². The molecule has 0 bridgehead atoms. The van der Waals surface area contributed by atoms with Crippen LogP contribution in [0, 0.1) is 16.0 Å². The zero-order valence-electron chi connectivity index (χ0n) is 14.8. The van der Waals surface area contributed by atoms with Crippen molar-refractivity contribution in [1.82, 2.24) is 15.1 Å². The van der Waals surface area contributed by atoms with Crippen LogP contribution < -0.4 is 5.32 Å². The molecule has 0 atom stereocenters. The van der Waals surface area contributed by atoms with Crippen molar-refractivity contribution in [2.75, 3.05) is 0 Å². The quantitative estimate of drug-likeness (QED) is 0.613. The number of nitro benzene ring substituents is 1. The molecule has 142 valence electrons. The molecule has 1 heterocycles. The van der Waals surface area contributed by atoms with Crippen molar-refractivity contribution in [3.05, 3.63) is 46.1 Å². The predicted octanol–water partition coefficient (Wildman–Crippen LogP) is 2.37. The van der Waals surface area contributed by atoms with Gasteiger partial charge < -0.3 is 10.4 Å². The molecule has 1 aliphatic carbocycles. The Kier molecular flexibility index (Phi) is 5.20. The van der Waals surface area contributed by atoms with Gasteiger partial charge >= 0.3 is 5.97 Å². The number of non-ortho nitro benzene ring substituents is 1. The third kappa shape index (κ3) is 4.13. The first kappa shape index (κ1) is 18.6. The third-order valence-corrected chi connectivity index (χ3v) is 4.84. The molecule has 0 radical (unpaired) electrons. The first-order valence-corrected chi connectivity index (χ1v) is 8.67. The van der Waals surface area contributed by atoms with Gasteiger partial charge in [0.25, 0.3) is 11.6 Å². The molecule has 1 fully saturated rings. The monoisotopic (exact) mass is 372 g/mol. The van der Waals surface area contributed by atoms with Crippen molar-refractivity contribution in [2.45, 2.75) is 31.7 Å². The summed E-state index contributed by atoms with van der Waals surface area (Å²) in [6.45, 7) is 0. The minimum atomic E-state index is -0.785. The van der Waals surface area contributed by atoms with Crippen molar-refractivity contribution >= 4 is 17.6 Å². The average Bonchev–Trinajstić information content (AvgIpc) is 3.04. The summed E-state index contributed by atoms with van der Waals surface area (Å²) >= 11 is 0. The standard InChI is InChI=1S/C18H20N4O5/c1-21-10-15(16(20-21)11-4-8-14(9-5-11)22(26)27)17(23)19-13-6-2-12(3-7-13)18(24)25/h4-5,8-10,12-13H,2-3,6-7H2,1H3,(H,19,23)(H,24,25). The molecule has 1 amide bonds. The number of carbonyl (C=O) groups excluding carboxylic acids is 1. The Hall–Kier alpha value is -3.23. The van der Waals surface area contributed by atoms with E-state index < -0.39 is 10.9 Å². The van der Waals surface area contributed by atoms with E-state index >= 15 is 0 Å². The molecule has 0 saturated heterocycles. The largest absolute Gasteiger partial charge is 0.481 e. The minimum Gasteiger partial charge on any atom is -0.481 e. The Morgan fingerprint density at radius 1 is 1.22 bits per heavy atom. The number of nitrogens with zero attached hydrogens (tertiary/aromatic N) is 3. The minimum absolute atomic E-state index is 0.0316. The maximum atomic E-state index is 12.7. The van der Waals surface area contributed by atoms with Gasteiger partial charge in [0, 0.05) is 37.0 Å². The van der Waals surface area contributed by atoms with Crippen LogP contribution in [-0.2, 0) is 11.8 Å². The number of aliphatic carboxylic acids is 1. The molecule has 0 unspecified atom stereocenters. The second kappa shape index (κ2) is 7.56. The van der Waals surface area contributed by atoms with Crippen molar-refractivity contribution in [3.8, 4) is 11.3 Å². The van der Waals surface area contributed by atoms with E-state index in [-0.39, 0.29) is 23.6 Å². The lowest BCUT2D eigenvalue weighted by atomic mass is 9.86. The van der Waals surface area contributed by atoms with Gasteiger partial charge in [0.2, 0.25) is 0 Å². The molecule has 9 heteroatoms. The van der Waals surface area contributed by atoms with Gasteiger partial charge in [0.1, 0.15) is 5.69 Å². The summed E-state index contributed by atoms with van der Waals surface area (Å²) in [4.78, 5) is 34.1. The fourth-order valence-electron chi connectivity index (χ4n) is 3.36. The SMILES string of the molecule is Cn1cc(C(=O)NC2CCC(C(=O)O)CC2)c(-c2ccc([N+](=O)[O-])cc2)n1. The number of nitrogens with one attached hydrogen (secondary N) is 1. The lowest BCUT2D eigenvalue weighted by Crippen LogP contribution is -2.38. The Morgan fingerprint density at radius 3 is 2.41 bits per heavy atom. The molecule has 2 N–H and O–H groups in total. The summed E-state index contributed by atoms with van der Waals surface area (Å²) in [6, 6.07) is 5.81. The highest BCUT2D eigenvalue weighted by molar-refractivity contribution is 6.00. The Labute approximate surface area is 155 Å². The molecule has 1 aliphatic rings. The number of benzene rings is 1. The van der Waals surface area contributed by atoms with Gasteiger partial charge in [-0.2, -0.15) is 5.10 Å². The smallest absolute Gasteiger partial charge is 0.306 e. The molecule has 1 saturated carbocycles. The zero-order chi connectivity index (χ0) is 19.6. The second-order valence-corrected chi connectivity index (χ2v) is 6.73.